The van der Waals surface area contributed by atoms with Crippen LogP contribution in [0.2, 0.25) is 0 Å². The molecule has 3 heteroatoms. The van der Waals surface area contributed by atoms with Gasteiger partial charge in [-0.15, -0.1) is 0 Å². The molecule has 2 nitrogen and oxygen atoms in total. The Hall–Kier alpha value is -0.380. The second-order valence-electron chi connectivity index (χ2n) is 5.66. The van der Waals surface area contributed by atoms with Crippen molar-refractivity contribution < 1.29 is 0 Å². The van der Waals surface area contributed by atoms with E-state index in [1.165, 1.54) is 5.56 Å². The molecule has 1 unspecified atom stereocenters. The van der Waals surface area contributed by atoms with Crippen molar-refractivity contribution in [3.8, 4) is 0 Å². The Morgan fingerprint density at radius 1 is 1.24 bits per heavy atom. The van der Waals surface area contributed by atoms with Crippen molar-refractivity contribution in [3.63, 3.8) is 0 Å². The molecule has 0 aliphatic carbocycles. The smallest absolute Gasteiger partial charge is 0.0267 e. The fraction of sp³-hybridized carbons (Fsp3) is 0.571. The van der Waals surface area contributed by atoms with Gasteiger partial charge in [-0.2, -0.15) is 0 Å². The molecule has 0 fully saturated rings. The molecule has 1 rings (SSSR count). The maximum absolute atomic E-state index is 5.89. The molecule has 0 radical (unpaired) electrons. The van der Waals surface area contributed by atoms with Gasteiger partial charge in [0.15, 0.2) is 0 Å². The highest BCUT2D eigenvalue weighted by Gasteiger charge is 2.26. The molecule has 0 amide bonds. The predicted molar refractivity (Wildman–Crippen MR) is 77.9 cm³/mol. The Morgan fingerprint density at radius 3 is 2.18 bits per heavy atom. The fourth-order valence-electron chi connectivity index (χ4n) is 2.18. The predicted octanol–water partition coefficient (Wildman–Crippen LogP) is 3.25. The molecule has 96 valence electrons. The lowest BCUT2D eigenvalue weighted by atomic mass is 9.85. The van der Waals surface area contributed by atoms with Gasteiger partial charge in [0.05, 0.1) is 0 Å². The summed E-state index contributed by atoms with van der Waals surface area (Å²) in [4.78, 5) is 2.34. The summed E-state index contributed by atoms with van der Waals surface area (Å²) in [5.74, 6) is 0. The maximum atomic E-state index is 5.89. The Bertz CT molecular complexity index is 340. The lowest BCUT2D eigenvalue weighted by Crippen LogP contribution is -2.46. The number of benzene rings is 1. The maximum Gasteiger partial charge on any atom is 0.0267 e. The standard InChI is InChI=1S/C14H23BrN2/c1-14(2,3)13(9-16)17(4)10-11-5-7-12(15)8-6-11/h5-8,13H,9-10,16H2,1-4H3. The second-order valence-corrected chi connectivity index (χ2v) is 6.57. The number of likely N-dealkylation sites (N-methyl/N-ethyl adjacent to an activating group) is 1. The average molecular weight is 299 g/mol. The van der Waals surface area contributed by atoms with Crippen LogP contribution in [0.4, 0.5) is 0 Å². The first-order valence-corrected chi connectivity index (χ1v) is 6.78. The van der Waals surface area contributed by atoms with Gasteiger partial charge >= 0.3 is 0 Å². The highest BCUT2D eigenvalue weighted by Crippen LogP contribution is 2.24. The number of hydrogen-bond donors (Lipinski definition) is 1. The van der Waals surface area contributed by atoms with Crippen LogP contribution in [-0.4, -0.2) is 24.5 Å². The van der Waals surface area contributed by atoms with Crippen LogP contribution in [0.1, 0.15) is 26.3 Å². The molecule has 1 atom stereocenters. The topological polar surface area (TPSA) is 29.3 Å². The minimum absolute atomic E-state index is 0.207. The minimum atomic E-state index is 0.207. The molecule has 0 spiro atoms. The summed E-state index contributed by atoms with van der Waals surface area (Å²) in [6.45, 7) is 8.34. The zero-order chi connectivity index (χ0) is 13.1. The van der Waals surface area contributed by atoms with E-state index < -0.39 is 0 Å². The van der Waals surface area contributed by atoms with E-state index in [9.17, 15) is 0 Å². The molecule has 0 saturated heterocycles. The highest BCUT2D eigenvalue weighted by atomic mass is 79.9. The van der Waals surface area contributed by atoms with Gasteiger partial charge in [-0.1, -0.05) is 48.8 Å². The average Bonchev–Trinajstić information content (AvgIpc) is 2.20. The van der Waals surface area contributed by atoms with Crippen LogP contribution in [0, 0.1) is 5.41 Å². The number of rotatable bonds is 4. The van der Waals surface area contributed by atoms with Gasteiger partial charge in [0.1, 0.15) is 0 Å². The summed E-state index contributed by atoms with van der Waals surface area (Å²) in [6, 6.07) is 8.86. The monoisotopic (exact) mass is 298 g/mol. The van der Waals surface area contributed by atoms with Crippen molar-refractivity contribution in [2.75, 3.05) is 13.6 Å². The van der Waals surface area contributed by atoms with Gasteiger partial charge in [0.25, 0.3) is 0 Å². The number of hydrogen-bond acceptors (Lipinski definition) is 2. The third kappa shape index (κ3) is 4.41. The molecule has 0 aliphatic rings. The highest BCUT2D eigenvalue weighted by molar-refractivity contribution is 9.10. The van der Waals surface area contributed by atoms with E-state index in [0.29, 0.717) is 12.6 Å². The molecule has 0 saturated carbocycles. The Morgan fingerprint density at radius 2 is 1.76 bits per heavy atom. The molecule has 0 heterocycles. The Kier molecular flexibility index (Phi) is 5.17. The molecule has 0 bridgehead atoms. The molecule has 2 N–H and O–H groups in total. The molecular weight excluding hydrogens is 276 g/mol. The third-order valence-electron chi connectivity index (χ3n) is 3.10. The van der Waals surface area contributed by atoms with Gasteiger partial charge in [0.2, 0.25) is 0 Å². The first-order chi connectivity index (χ1) is 7.84. The van der Waals surface area contributed by atoms with Crippen LogP contribution < -0.4 is 5.73 Å². The summed E-state index contributed by atoms with van der Waals surface area (Å²) < 4.78 is 1.12. The number of nitrogens with two attached hydrogens (primary N) is 1. The molecule has 1 aromatic rings. The van der Waals surface area contributed by atoms with Crippen molar-refractivity contribution in [1.29, 1.82) is 0 Å². The zero-order valence-electron chi connectivity index (χ0n) is 11.2. The minimum Gasteiger partial charge on any atom is -0.329 e. The van der Waals surface area contributed by atoms with E-state index in [1.807, 2.05) is 0 Å². The van der Waals surface area contributed by atoms with Crippen LogP contribution in [0.25, 0.3) is 0 Å². The molecular formula is C14H23BrN2. The first kappa shape index (κ1) is 14.7. The summed E-state index contributed by atoms with van der Waals surface area (Å²) in [5.41, 5.74) is 7.41. The van der Waals surface area contributed by atoms with Crippen LogP contribution in [-0.2, 0) is 6.54 Å². The van der Waals surface area contributed by atoms with E-state index in [1.54, 1.807) is 0 Å². The second kappa shape index (κ2) is 5.98. The van der Waals surface area contributed by atoms with Crippen LogP contribution in [0.5, 0.6) is 0 Å². The summed E-state index contributed by atoms with van der Waals surface area (Å²) in [7, 11) is 2.14. The molecule has 1 aromatic carbocycles. The third-order valence-corrected chi connectivity index (χ3v) is 3.63. The van der Waals surface area contributed by atoms with Crippen molar-refractivity contribution in [2.45, 2.75) is 33.4 Å². The SMILES string of the molecule is CN(Cc1ccc(Br)cc1)C(CN)C(C)(C)C. The van der Waals surface area contributed by atoms with Crippen molar-refractivity contribution in [2.24, 2.45) is 11.1 Å². The summed E-state index contributed by atoms with van der Waals surface area (Å²) >= 11 is 3.45. The molecule has 0 aliphatic heterocycles. The van der Waals surface area contributed by atoms with Gasteiger partial charge in [-0.25, -0.2) is 0 Å². The number of halogens is 1. The summed E-state index contributed by atoms with van der Waals surface area (Å²) in [5, 5.41) is 0. The lowest BCUT2D eigenvalue weighted by Gasteiger charge is -2.37. The van der Waals surface area contributed by atoms with Gasteiger partial charge < -0.3 is 5.73 Å². The van der Waals surface area contributed by atoms with E-state index in [2.05, 4.69) is 72.9 Å². The molecule has 17 heavy (non-hydrogen) atoms. The Labute approximate surface area is 113 Å². The first-order valence-electron chi connectivity index (χ1n) is 5.99. The van der Waals surface area contributed by atoms with Crippen molar-refractivity contribution in [1.82, 2.24) is 4.90 Å². The largest absolute Gasteiger partial charge is 0.329 e. The van der Waals surface area contributed by atoms with E-state index in [4.69, 9.17) is 5.73 Å². The number of nitrogens with zero attached hydrogens (tertiary/aromatic N) is 1. The van der Waals surface area contributed by atoms with Crippen LogP contribution in [0.15, 0.2) is 28.7 Å². The zero-order valence-corrected chi connectivity index (χ0v) is 12.8. The van der Waals surface area contributed by atoms with Gasteiger partial charge in [0, 0.05) is 23.6 Å². The van der Waals surface area contributed by atoms with Gasteiger partial charge in [-0.3, -0.25) is 4.90 Å². The van der Waals surface area contributed by atoms with Crippen LogP contribution in [0.3, 0.4) is 0 Å². The Balaban J connectivity index is 2.70. The van der Waals surface area contributed by atoms with Crippen LogP contribution >= 0.6 is 15.9 Å². The van der Waals surface area contributed by atoms with Gasteiger partial charge in [-0.05, 0) is 30.2 Å². The van der Waals surface area contributed by atoms with E-state index >= 15 is 0 Å². The normalized spacial score (nSPS) is 14.1. The lowest BCUT2D eigenvalue weighted by molar-refractivity contribution is 0.125. The van der Waals surface area contributed by atoms with Crippen molar-refractivity contribution >= 4 is 15.9 Å². The fourth-order valence-corrected chi connectivity index (χ4v) is 2.45. The quantitative estimate of drug-likeness (QED) is 0.924. The molecule has 0 aromatic heterocycles. The van der Waals surface area contributed by atoms with Crippen molar-refractivity contribution in [3.05, 3.63) is 34.3 Å². The van der Waals surface area contributed by atoms with E-state index in [0.717, 1.165) is 11.0 Å². The van der Waals surface area contributed by atoms with E-state index in [-0.39, 0.29) is 5.41 Å². The summed E-state index contributed by atoms with van der Waals surface area (Å²) in [6.07, 6.45) is 0.